The quantitative estimate of drug-likeness (QED) is 0.758. The number of ether oxygens (including phenoxy) is 1. The summed E-state index contributed by atoms with van der Waals surface area (Å²) in [4.78, 5) is 15.2. The minimum atomic E-state index is -3.25. The van der Waals surface area contributed by atoms with Crippen molar-refractivity contribution in [1.82, 2.24) is 9.21 Å². The first-order valence-corrected chi connectivity index (χ1v) is 11.1. The number of rotatable bonds is 5. The third-order valence-electron chi connectivity index (χ3n) is 5.53. The molecule has 1 aromatic carbocycles. The summed E-state index contributed by atoms with van der Waals surface area (Å²) in [6, 6.07) is 6.13. The van der Waals surface area contributed by atoms with Crippen LogP contribution in [0.15, 0.2) is 24.3 Å². The van der Waals surface area contributed by atoms with E-state index in [4.69, 9.17) is 4.74 Å². The summed E-state index contributed by atoms with van der Waals surface area (Å²) in [7, 11) is -3.25. The second kappa shape index (κ2) is 8.24. The minimum absolute atomic E-state index is 0.00931. The van der Waals surface area contributed by atoms with E-state index in [2.05, 4.69) is 0 Å². The Morgan fingerprint density at radius 1 is 1.11 bits per heavy atom. The number of hydrogen-bond donors (Lipinski definition) is 0. The maximum absolute atomic E-state index is 13.5. The van der Waals surface area contributed by atoms with Crippen LogP contribution in [-0.4, -0.2) is 68.7 Å². The Labute approximate surface area is 160 Å². The summed E-state index contributed by atoms with van der Waals surface area (Å²) >= 11 is 0. The van der Waals surface area contributed by atoms with E-state index < -0.39 is 15.4 Å². The third kappa shape index (κ3) is 4.17. The van der Waals surface area contributed by atoms with Crippen molar-refractivity contribution < 1.29 is 22.3 Å². The Bertz CT molecular complexity index is 752. The van der Waals surface area contributed by atoms with Crippen LogP contribution in [0.5, 0.6) is 0 Å². The fraction of sp³-hybridized carbons (Fsp3) is 0.632. The van der Waals surface area contributed by atoms with Gasteiger partial charge in [-0.05, 0) is 37.0 Å². The highest BCUT2D eigenvalue weighted by molar-refractivity contribution is 7.89. The fourth-order valence-electron chi connectivity index (χ4n) is 3.97. The minimum Gasteiger partial charge on any atom is -0.381 e. The number of piperazine rings is 1. The van der Waals surface area contributed by atoms with Gasteiger partial charge in [-0.2, -0.15) is 4.31 Å². The van der Waals surface area contributed by atoms with Crippen LogP contribution in [0.4, 0.5) is 4.39 Å². The van der Waals surface area contributed by atoms with Gasteiger partial charge in [-0.15, -0.1) is 0 Å². The number of halogens is 1. The second-order valence-electron chi connectivity index (χ2n) is 7.21. The molecule has 0 unspecified atom stereocenters. The number of benzene rings is 1. The lowest BCUT2D eigenvalue weighted by Crippen LogP contribution is -2.56. The van der Waals surface area contributed by atoms with E-state index in [0.29, 0.717) is 58.7 Å². The molecular weight excluding hydrogens is 371 g/mol. The number of nitrogens with zero attached hydrogens (tertiary/aromatic N) is 2. The highest BCUT2D eigenvalue weighted by Crippen LogP contribution is 2.37. The molecular formula is C19H27FN2O4S. The van der Waals surface area contributed by atoms with E-state index in [1.54, 1.807) is 17.0 Å². The molecule has 0 radical (unpaired) electrons. The molecule has 0 saturated carbocycles. The van der Waals surface area contributed by atoms with E-state index in [-0.39, 0.29) is 17.5 Å². The maximum atomic E-state index is 13.5. The predicted molar refractivity (Wildman–Crippen MR) is 100 cm³/mol. The first-order valence-electron chi connectivity index (χ1n) is 9.50. The van der Waals surface area contributed by atoms with E-state index in [1.165, 1.54) is 16.4 Å². The average Bonchev–Trinajstić information content (AvgIpc) is 2.68. The number of carbonyl (C=O) groups is 1. The molecule has 27 heavy (non-hydrogen) atoms. The third-order valence-corrected chi connectivity index (χ3v) is 7.61. The molecule has 0 spiro atoms. The molecule has 6 nitrogen and oxygen atoms in total. The average molecular weight is 399 g/mol. The van der Waals surface area contributed by atoms with Gasteiger partial charge in [-0.1, -0.05) is 19.1 Å². The summed E-state index contributed by atoms with van der Waals surface area (Å²) in [6.45, 7) is 4.21. The monoisotopic (exact) mass is 398 g/mol. The standard InChI is InChI=1S/C19H27FN2O4S/c1-2-15-27(24,25)22-11-9-21(10-12-22)18(23)19(7-13-26-14-8-19)16-3-5-17(20)6-4-16/h3-6H,2,7-15H2,1H3. The molecule has 0 bridgehead atoms. The molecule has 0 atom stereocenters. The van der Waals surface area contributed by atoms with Crippen molar-refractivity contribution in [1.29, 1.82) is 0 Å². The zero-order valence-corrected chi connectivity index (χ0v) is 16.5. The predicted octanol–water partition coefficient (Wildman–Crippen LogP) is 1.76. The second-order valence-corrected chi connectivity index (χ2v) is 9.30. The highest BCUT2D eigenvalue weighted by Gasteiger charge is 2.45. The Hall–Kier alpha value is -1.51. The first kappa shape index (κ1) is 20.2. The number of carbonyl (C=O) groups excluding carboxylic acids is 1. The van der Waals surface area contributed by atoms with Crippen LogP contribution < -0.4 is 0 Å². The van der Waals surface area contributed by atoms with Crippen molar-refractivity contribution in [3.63, 3.8) is 0 Å². The summed E-state index contributed by atoms with van der Waals surface area (Å²) in [5.41, 5.74) is 0.0781. The smallest absolute Gasteiger partial charge is 0.233 e. The molecule has 1 amide bonds. The van der Waals surface area contributed by atoms with Crippen LogP contribution in [-0.2, 0) is 25.0 Å². The van der Waals surface area contributed by atoms with Crippen molar-refractivity contribution in [2.24, 2.45) is 0 Å². The van der Waals surface area contributed by atoms with Gasteiger partial charge < -0.3 is 9.64 Å². The molecule has 0 N–H and O–H groups in total. The van der Waals surface area contributed by atoms with E-state index in [0.717, 1.165) is 5.56 Å². The Morgan fingerprint density at radius 2 is 1.70 bits per heavy atom. The topological polar surface area (TPSA) is 66.9 Å². The molecule has 2 aliphatic heterocycles. The molecule has 2 fully saturated rings. The van der Waals surface area contributed by atoms with Crippen molar-refractivity contribution >= 4 is 15.9 Å². The summed E-state index contributed by atoms with van der Waals surface area (Å²) < 4.78 is 44.8. The van der Waals surface area contributed by atoms with Crippen LogP contribution in [0.1, 0.15) is 31.7 Å². The summed E-state index contributed by atoms with van der Waals surface area (Å²) in [5.74, 6) is -0.203. The molecule has 2 heterocycles. The number of hydrogen-bond acceptors (Lipinski definition) is 4. The lowest BCUT2D eigenvalue weighted by molar-refractivity contribution is -0.142. The van der Waals surface area contributed by atoms with Crippen molar-refractivity contribution in [2.75, 3.05) is 45.1 Å². The van der Waals surface area contributed by atoms with E-state index >= 15 is 0 Å². The van der Waals surface area contributed by atoms with Gasteiger partial charge in [-0.3, -0.25) is 4.79 Å². The normalized spacial score (nSPS) is 21.2. The van der Waals surface area contributed by atoms with Gasteiger partial charge >= 0.3 is 0 Å². The van der Waals surface area contributed by atoms with Gasteiger partial charge in [0.15, 0.2) is 0 Å². The molecule has 0 aliphatic carbocycles. The van der Waals surface area contributed by atoms with Crippen LogP contribution >= 0.6 is 0 Å². The van der Waals surface area contributed by atoms with Gasteiger partial charge in [0.25, 0.3) is 0 Å². The lowest BCUT2D eigenvalue weighted by atomic mass is 9.73. The van der Waals surface area contributed by atoms with Crippen molar-refractivity contribution in [3.05, 3.63) is 35.6 Å². The maximum Gasteiger partial charge on any atom is 0.233 e. The zero-order valence-electron chi connectivity index (χ0n) is 15.7. The van der Waals surface area contributed by atoms with Crippen LogP contribution in [0.25, 0.3) is 0 Å². The Morgan fingerprint density at radius 3 is 2.26 bits per heavy atom. The molecule has 2 saturated heterocycles. The molecule has 0 aromatic heterocycles. The molecule has 8 heteroatoms. The van der Waals surface area contributed by atoms with Crippen LogP contribution in [0.3, 0.4) is 0 Å². The van der Waals surface area contributed by atoms with Gasteiger partial charge in [0, 0.05) is 39.4 Å². The zero-order chi connectivity index (χ0) is 19.5. The summed E-state index contributed by atoms with van der Waals surface area (Å²) in [5, 5.41) is 0. The van der Waals surface area contributed by atoms with Gasteiger partial charge in [0.2, 0.25) is 15.9 Å². The fourth-order valence-corrected chi connectivity index (χ4v) is 5.47. The SMILES string of the molecule is CCCS(=O)(=O)N1CCN(C(=O)C2(c3ccc(F)cc3)CCOCC2)CC1. The lowest BCUT2D eigenvalue weighted by Gasteiger charge is -2.42. The molecule has 3 rings (SSSR count). The van der Waals surface area contributed by atoms with Crippen LogP contribution in [0, 0.1) is 5.82 Å². The molecule has 150 valence electrons. The van der Waals surface area contributed by atoms with E-state index in [1.807, 2.05) is 6.92 Å². The van der Waals surface area contributed by atoms with Crippen molar-refractivity contribution in [2.45, 2.75) is 31.6 Å². The Balaban J connectivity index is 1.77. The molecule has 2 aliphatic rings. The van der Waals surface area contributed by atoms with Crippen LogP contribution in [0.2, 0.25) is 0 Å². The van der Waals surface area contributed by atoms with Gasteiger partial charge in [0.1, 0.15) is 5.82 Å². The van der Waals surface area contributed by atoms with Gasteiger partial charge in [0.05, 0.1) is 11.2 Å². The molecule has 1 aromatic rings. The first-order chi connectivity index (χ1) is 12.9. The highest BCUT2D eigenvalue weighted by atomic mass is 32.2. The van der Waals surface area contributed by atoms with E-state index in [9.17, 15) is 17.6 Å². The summed E-state index contributed by atoms with van der Waals surface area (Å²) in [6.07, 6.45) is 1.67. The Kier molecular flexibility index (Phi) is 6.18. The number of sulfonamides is 1. The number of amides is 1. The van der Waals surface area contributed by atoms with Crippen molar-refractivity contribution in [3.8, 4) is 0 Å². The van der Waals surface area contributed by atoms with Gasteiger partial charge in [-0.25, -0.2) is 12.8 Å². The largest absolute Gasteiger partial charge is 0.381 e.